The van der Waals surface area contributed by atoms with Gasteiger partial charge in [0.15, 0.2) is 5.78 Å². The summed E-state index contributed by atoms with van der Waals surface area (Å²) in [7, 11) is 0. The van der Waals surface area contributed by atoms with Gasteiger partial charge in [-0.2, -0.15) is 11.8 Å². The lowest BCUT2D eigenvalue weighted by Crippen LogP contribution is -2.12. The van der Waals surface area contributed by atoms with Crippen LogP contribution in [0.25, 0.3) is 11.0 Å². The molecule has 3 heteroatoms. The lowest BCUT2D eigenvalue weighted by molar-refractivity contribution is 0.102. The van der Waals surface area contributed by atoms with Gasteiger partial charge in [-0.15, -0.1) is 0 Å². The van der Waals surface area contributed by atoms with Gasteiger partial charge in [0.2, 0.25) is 0 Å². The van der Waals surface area contributed by atoms with Crippen molar-refractivity contribution in [3.8, 4) is 0 Å². The van der Waals surface area contributed by atoms with Gasteiger partial charge in [0.25, 0.3) is 0 Å². The molecule has 0 bridgehead atoms. The standard InChI is InChI=1S/C16H18O2S/c17-15(11-19-12-6-2-1-3-7-12)14-10-18-16-9-5-4-8-13(14)16/h4-5,8-10,12H,1-3,6-7,11H2. The second kappa shape index (κ2) is 5.83. The largest absolute Gasteiger partial charge is 0.464 e. The van der Waals surface area contributed by atoms with Crippen LogP contribution in [0.15, 0.2) is 34.9 Å². The summed E-state index contributed by atoms with van der Waals surface area (Å²) >= 11 is 1.82. The molecular formula is C16H18O2S. The van der Waals surface area contributed by atoms with Gasteiger partial charge in [-0.3, -0.25) is 4.79 Å². The Kier molecular flexibility index (Phi) is 3.92. The minimum Gasteiger partial charge on any atom is -0.464 e. The molecule has 0 N–H and O–H groups in total. The highest BCUT2D eigenvalue weighted by molar-refractivity contribution is 8.00. The van der Waals surface area contributed by atoms with Crippen LogP contribution < -0.4 is 0 Å². The van der Waals surface area contributed by atoms with Crippen molar-refractivity contribution in [3.05, 3.63) is 36.1 Å². The molecule has 3 rings (SSSR count). The van der Waals surface area contributed by atoms with E-state index in [2.05, 4.69) is 0 Å². The highest BCUT2D eigenvalue weighted by Crippen LogP contribution is 2.29. The van der Waals surface area contributed by atoms with E-state index in [0.717, 1.165) is 16.5 Å². The fraction of sp³-hybridized carbons (Fsp3) is 0.438. The van der Waals surface area contributed by atoms with E-state index in [-0.39, 0.29) is 5.78 Å². The first-order valence-electron chi connectivity index (χ1n) is 6.95. The second-order valence-corrected chi connectivity index (χ2v) is 6.43. The molecule has 1 aromatic heterocycles. The minimum atomic E-state index is 0.195. The summed E-state index contributed by atoms with van der Waals surface area (Å²) in [4.78, 5) is 12.3. The maximum atomic E-state index is 12.3. The molecule has 0 radical (unpaired) electrons. The van der Waals surface area contributed by atoms with E-state index in [0.29, 0.717) is 11.0 Å². The molecule has 19 heavy (non-hydrogen) atoms. The Morgan fingerprint density at radius 3 is 2.84 bits per heavy atom. The number of fused-ring (bicyclic) bond motifs is 1. The number of hydrogen-bond donors (Lipinski definition) is 0. The van der Waals surface area contributed by atoms with Crippen molar-refractivity contribution in [1.82, 2.24) is 0 Å². The summed E-state index contributed by atoms with van der Waals surface area (Å²) in [5.41, 5.74) is 1.53. The molecular weight excluding hydrogens is 256 g/mol. The molecule has 1 saturated carbocycles. The smallest absolute Gasteiger partial charge is 0.176 e. The van der Waals surface area contributed by atoms with Gasteiger partial charge < -0.3 is 4.42 Å². The number of carbonyl (C=O) groups is 1. The third-order valence-electron chi connectivity index (χ3n) is 3.78. The Bertz CT molecular complexity index is 567. The zero-order valence-electron chi connectivity index (χ0n) is 10.9. The van der Waals surface area contributed by atoms with Crippen LogP contribution in [0.1, 0.15) is 42.5 Å². The SMILES string of the molecule is O=C(CSC1CCCCC1)c1coc2ccccc12. The molecule has 0 saturated heterocycles. The molecule has 1 aliphatic carbocycles. The minimum absolute atomic E-state index is 0.195. The summed E-state index contributed by atoms with van der Waals surface area (Å²) in [6.07, 6.45) is 8.14. The third kappa shape index (κ3) is 2.86. The highest BCUT2D eigenvalue weighted by Gasteiger charge is 2.18. The van der Waals surface area contributed by atoms with E-state index in [1.54, 1.807) is 6.26 Å². The lowest BCUT2D eigenvalue weighted by atomic mass is 10.0. The van der Waals surface area contributed by atoms with Crippen LogP contribution >= 0.6 is 11.8 Å². The van der Waals surface area contributed by atoms with E-state index in [9.17, 15) is 4.79 Å². The molecule has 1 aliphatic rings. The number of thioether (sulfide) groups is 1. The number of Topliss-reactive ketones (excluding diaryl/α,β-unsaturated/α-hetero) is 1. The summed E-state index contributed by atoms with van der Waals surface area (Å²) in [6.45, 7) is 0. The van der Waals surface area contributed by atoms with Crippen molar-refractivity contribution >= 4 is 28.5 Å². The first-order chi connectivity index (χ1) is 9.34. The summed E-state index contributed by atoms with van der Waals surface area (Å²) < 4.78 is 5.43. The molecule has 0 spiro atoms. The van der Waals surface area contributed by atoms with E-state index < -0.39 is 0 Å². The van der Waals surface area contributed by atoms with Crippen LogP contribution in [0.5, 0.6) is 0 Å². The molecule has 0 amide bonds. The maximum absolute atomic E-state index is 12.3. The van der Waals surface area contributed by atoms with Gasteiger partial charge in [-0.25, -0.2) is 0 Å². The molecule has 0 aliphatic heterocycles. The molecule has 1 fully saturated rings. The molecule has 0 atom stereocenters. The summed E-state index contributed by atoms with van der Waals surface area (Å²) in [6, 6.07) is 7.73. The topological polar surface area (TPSA) is 30.2 Å². The number of para-hydroxylation sites is 1. The Hall–Kier alpha value is -1.22. The van der Waals surface area contributed by atoms with Crippen molar-refractivity contribution in [3.63, 3.8) is 0 Å². The third-order valence-corrected chi connectivity index (χ3v) is 5.16. The van der Waals surface area contributed by atoms with E-state index in [1.807, 2.05) is 36.0 Å². The number of furan rings is 1. The second-order valence-electron chi connectivity index (χ2n) is 5.14. The predicted molar refractivity (Wildman–Crippen MR) is 79.9 cm³/mol. The van der Waals surface area contributed by atoms with Gasteiger partial charge in [0, 0.05) is 10.6 Å². The maximum Gasteiger partial charge on any atom is 0.176 e. The van der Waals surface area contributed by atoms with Crippen LogP contribution in [0, 0.1) is 0 Å². The first-order valence-corrected chi connectivity index (χ1v) is 8.00. The Morgan fingerprint density at radius 1 is 1.21 bits per heavy atom. The van der Waals surface area contributed by atoms with Crippen molar-refractivity contribution in [2.24, 2.45) is 0 Å². The number of rotatable bonds is 4. The average molecular weight is 274 g/mol. The number of ketones is 1. The van der Waals surface area contributed by atoms with Crippen molar-refractivity contribution in [1.29, 1.82) is 0 Å². The van der Waals surface area contributed by atoms with Gasteiger partial charge in [0.1, 0.15) is 11.8 Å². The van der Waals surface area contributed by atoms with E-state index in [1.165, 1.54) is 32.1 Å². The molecule has 1 heterocycles. The Labute approximate surface area is 117 Å². The quantitative estimate of drug-likeness (QED) is 0.758. The fourth-order valence-electron chi connectivity index (χ4n) is 2.70. The lowest BCUT2D eigenvalue weighted by Gasteiger charge is -2.20. The normalized spacial score (nSPS) is 16.8. The number of hydrogen-bond acceptors (Lipinski definition) is 3. The van der Waals surface area contributed by atoms with Gasteiger partial charge >= 0.3 is 0 Å². The molecule has 100 valence electrons. The molecule has 2 aromatic rings. The molecule has 2 nitrogen and oxygen atoms in total. The molecule has 0 unspecified atom stereocenters. The van der Waals surface area contributed by atoms with Crippen molar-refractivity contribution in [2.45, 2.75) is 37.4 Å². The monoisotopic (exact) mass is 274 g/mol. The van der Waals surface area contributed by atoms with Crippen molar-refractivity contribution < 1.29 is 9.21 Å². The Morgan fingerprint density at radius 2 is 2.00 bits per heavy atom. The average Bonchev–Trinajstić information content (AvgIpc) is 2.90. The van der Waals surface area contributed by atoms with Crippen LogP contribution in [-0.4, -0.2) is 16.8 Å². The van der Waals surface area contributed by atoms with E-state index in [4.69, 9.17) is 4.42 Å². The van der Waals surface area contributed by atoms with Crippen LogP contribution in [0.2, 0.25) is 0 Å². The van der Waals surface area contributed by atoms with Crippen LogP contribution in [0.3, 0.4) is 0 Å². The highest BCUT2D eigenvalue weighted by atomic mass is 32.2. The number of carbonyl (C=O) groups excluding carboxylic acids is 1. The summed E-state index contributed by atoms with van der Waals surface area (Å²) in [5.74, 6) is 0.773. The van der Waals surface area contributed by atoms with Gasteiger partial charge in [-0.05, 0) is 18.9 Å². The van der Waals surface area contributed by atoms with Crippen LogP contribution in [0.4, 0.5) is 0 Å². The van der Waals surface area contributed by atoms with E-state index >= 15 is 0 Å². The zero-order chi connectivity index (χ0) is 13.1. The summed E-state index contributed by atoms with van der Waals surface area (Å²) in [5, 5.41) is 1.62. The fourth-order valence-corrected chi connectivity index (χ4v) is 3.91. The zero-order valence-corrected chi connectivity index (χ0v) is 11.7. The van der Waals surface area contributed by atoms with Crippen LogP contribution in [-0.2, 0) is 0 Å². The van der Waals surface area contributed by atoms with Crippen molar-refractivity contribution in [2.75, 3.05) is 5.75 Å². The predicted octanol–water partition coefficient (Wildman–Crippen LogP) is 4.68. The first kappa shape index (κ1) is 12.8. The Balaban J connectivity index is 1.66. The van der Waals surface area contributed by atoms with Gasteiger partial charge in [0.05, 0.1) is 11.3 Å². The number of benzene rings is 1. The van der Waals surface area contributed by atoms with Gasteiger partial charge in [-0.1, -0.05) is 37.5 Å². The molecule has 1 aromatic carbocycles.